The molecule has 12 heteroatoms. The molecule has 0 radical (unpaired) electrons. The van der Waals surface area contributed by atoms with Crippen LogP contribution in [0.5, 0.6) is 23.0 Å². The highest BCUT2D eigenvalue weighted by Crippen LogP contribution is 2.57. The number of phenolic OH excluding ortho intramolecular Hbond substituents is 2. The van der Waals surface area contributed by atoms with Crippen LogP contribution in [0.4, 0.5) is 5.13 Å². The van der Waals surface area contributed by atoms with Crippen molar-refractivity contribution in [2.45, 2.75) is 33.1 Å². The molecule has 2 heterocycles. The minimum absolute atomic E-state index is 0.00469. The van der Waals surface area contributed by atoms with Gasteiger partial charge in [-0.15, -0.1) is 0 Å². The number of ether oxygens (including phenoxy) is 2. The number of phenols is 2. The second kappa shape index (κ2) is 9.49. The Hall–Kier alpha value is -4.71. The highest BCUT2D eigenvalue weighted by atomic mass is 32.1. The predicted molar refractivity (Wildman–Crippen MR) is 146 cm³/mol. The minimum atomic E-state index is -1.64. The van der Waals surface area contributed by atoms with Crippen LogP contribution in [0.2, 0.25) is 0 Å². The summed E-state index contributed by atoms with van der Waals surface area (Å²) in [7, 11) is 1.56. The molecule has 4 N–H and O–H groups in total. The largest absolute Gasteiger partial charge is 0.507 e. The quantitative estimate of drug-likeness (QED) is 0.198. The molecular weight excluding hydrogens is 538 g/mol. The van der Waals surface area contributed by atoms with E-state index in [1.54, 1.807) is 19.2 Å². The van der Waals surface area contributed by atoms with Gasteiger partial charge < -0.3 is 30.3 Å². The molecule has 1 aliphatic heterocycles. The molecule has 1 atom stereocenters. The number of anilines is 1. The number of nitrogens with zero attached hydrogens (tertiary/aromatic N) is 1. The second-order valence-electron chi connectivity index (χ2n) is 9.64. The predicted octanol–water partition coefficient (Wildman–Crippen LogP) is 3.42. The summed E-state index contributed by atoms with van der Waals surface area (Å²) in [6.07, 6.45) is 1.12. The van der Waals surface area contributed by atoms with E-state index in [0.29, 0.717) is 16.4 Å². The van der Waals surface area contributed by atoms with Gasteiger partial charge in [-0.05, 0) is 45.9 Å². The molecule has 0 saturated carbocycles. The molecule has 0 spiro atoms. The van der Waals surface area contributed by atoms with Crippen molar-refractivity contribution < 1.29 is 38.9 Å². The van der Waals surface area contributed by atoms with E-state index in [9.17, 15) is 29.4 Å². The van der Waals surface area contributed by atoms with E-state index in [1.165, 1.54) is 39.0 Å². The number of fused-ring (bicyclic) bond motifs is 4. The van der Waals surface area contributed by atoms with Crippen LogP contribution in [-0.4, -0.2) is 52.1 Å². The molecule has 1 aliphatic carbocycles. The van der Waals surface area contributed by atoms with Crippen molar-refractivity contribution in [2.24, 2.45) is 0 Å². The maximum atomic E-state index is 13.8. The molecule has 5 rings (SSSR count). The van der Waals surface area contributed by atoms with Gasteiger partial charge in [0.1, 0.15) is 39.7 Å². The van der Waals surface area contributed by atoms with Gasteiger partial charge in [0, 0.05) is 17.3 Å². The highest BCUT2D eigenvalue weighted by molar-refractivity contribution is 7.22. The lowest BCUT2D eigenvalue weighted by atomic mass is 9.70. The average Bonchev–Trinajstić information content (AvgIpc) is 3.43. The van der Waals surface area contributed by atoms with Gasteiger partial charge in [-0.3, -0.25) is 19.2 Å². The fourth-order valence-corrected chi connectivity index (χ4v) is 5.82. The Morgan fingerprint density at radius 2 is 1.90 bits per heavy atom. The molecule has 40 heavy (non-hydrogen) atoms. The lowest BCUT2D eigenvalue weighted by Crippen LogP contribution is -2.41. The van der Waals surface area contributed by atoms with Crippen LogP contribution in [-0.2, 0) is 19.8 Å². The number of hydrogen-bond acceptors (Lipinski definition) is 11. The fourth-order valence-electron chi connectivity index (χ4n) is 4.91. The maximum absolute atomic E-state index is 13.8. The first kappa shape index (κ1) is 26.9. The molecule has 11 nitrogen and oxygen atoms in total. The van der Waals surface area contributed by atoms with E-state index < -0.39 is 40.2 Å². The van der Waals surface area contributed by atoms with Crippen LogP contribution in [0.3, 0.4) is 0 Å². The minimum Gasteiger partial charge on any atom is -0.507 e. The van der Waals surface area contributed by atoms with E-state index in [-0.39, 0.29) is 46.0 Å². The van der Waals surface area contributed by atoms with Crippen molar-refractivity contribution in [3.63, 3.8) is 0 Å². The molecule has 1 aromatic heterocycles. The number of thiazole rings is 1. The van der Waals surface area contributed by atoms with Gasteiger partial charge >= 0.3 is 0 Å². The third-order valence-corrected chi connectivity index (χ3v) is 8.05. The van der Waals surface area contributed by atoms with Crippen LogP contribution < -0.4 is 20.1 Å². The zero-order valence-electron chi connectivity index (χ0n) is 22.2. The van der Waals surface area contributed by atoms with Gasteiger partial charge in [0.2, 0.25) is 5.91 Å². The Bertz CT molecular complexity index is 1730. The van der Waals surface area contributed by atoms with Crippen molar-refractivity contribution >= 4 is 49.9 Å². The number of Topliss-reactive ketones (excluding diaryl/α,β-unsaturated/α-hetero) is 2. The smallest absolute Gasteiger partial charge is 0.245 e. The highest BCUT2D eigenvalue weighted by Gasteiger charge is 2.56. The van der Waals surface area contributed by atoms with E-state index in [2.05, 4.69) is 15.6 Å². The Morgan fingerprint density at radius 3 is 2.58 bits per heavy atom. The summed E-state index contributed by atoms with van der Waals surface area (Å²) in [5.41, 5.74) is -1.22. The van der Waals surface area contributed by atoms with Crippen molar-refractivity contribution in [3.8, 4) is 23.0 Å². The Labute approximate surface area is 232 Å². The normalized spacial score (nSPS) is 19.0. The van der Waals surface area contributed by atoms with Gasteiger partial charge in [-0.1, -0.05) is 11.3 Å². The monoisotopic (exact) mass is 563 g/mol. The number of allylic oxidation sites excluding steroid dienone is 4. The summed E-state index contributed by atoms with van der Waals surface area (Å²) in [4.78, 5) is 56.2. The summed E-state index contributed by atoms with van der Waals surface area (Å²) in [6.45, 7) is 5.33. The Kier molecular flexibility index (Phi) is 6.38. The molecule has 0 unspecified atom stereocenters. The number of aromatic hydroxyl groups is 2. The van der Waals surface area contributed by atoms with Crippen molar-refractivity contribution in [1.29, 1.82) is 0 Å². The van der Waals surface area contributed by atoms with Gasteiger partial charge in [-0.25, -0.2) is 4.98 Å². The molecule has 0 saturated heterocycles. The molecule has 3 aromatic rings. The van der Waals surface area contributed by atoms with E-state index in [4.69, 9.17) is 9.47 Å². The zero-order valence-corrected chi connectivity index (χ0v) is 23.0. The molecule has 0 fully saturated rings. The number of rotatable bonds is 6. The zero-order chi connectivity index (χ0) is 29.1. The van der Waals surface area contributed by atoms with Crippen LogP contribution >= 0.6 is 11.3 Å². The summed E-state index contributed by atoms with van der Waals surface area (Å²) in [5.74, 6) is -2.78. The SMILES string of the molecule is COc1ccc2nc(NC(=O)CNC(C)=C3C(=O)C=C4Oc5c(C(C)=O)c(O)c(C)c(O)c5[C@@]4(C)C3=O)sc2c1. The summed E-state index contributed by atoms with van der Waals surface area (Å²) in [5, 5.41) is 27.3. The third kappa shape index (κ3) is 3.99. The number of hydrogen-bond donors (Lipinski definition) is 4. The number of methoxy groups -OCH3 is 1. The van der Waals surface area contributed by atoms with Crippen LogP contribution in [0.15, 0.2) is 41.3 Å². The van der Waals surface area contributed by atoms with E-state index >= 15 is 0 Å². The van der Waals surface area contributed by atoms with Crippen LogP contribution in [0.1, 0.15) is 42.3 Å². The lowest BCUT2D eigenvalue weighted by Gasteiger charge is -2.29. The molecule has 1 amide bonds. The average molecular weight is 564 g/mol. The number of nitrogens with one attached hydrogen (secondary N) is 2. The summed E-state index contributed by atoms with van der Waals surface area (Å²) < 4.78 is 11.8. The van der Waals surface area contributed by atoms with Crippen LogP contribution in [0.25, 0.3) is 10.2 Å². The van der Waals surface area contributed by atoms with Crippen molar-refractivity contribution in [2.75, 3.05) is 19.0 Å². The Morgan fingerprint density at radius 1 is 1.18 bits per heavy atom. The maximum Gasteiger partial charge on any atom is 0.245 e. The Balaban J connectivity index is 1.42. The molecule has 206 valence electrons. The summed E-state index contributed by atoms with van der Waals surface area (Å²) in [6, 6.07) is 5.35. The number of amides is 1. The molecular formula is C28H25N3O8S. The number of aromatic nitrogens is 1. The van der Waals surface area contributed by atoms with Crippen molar-refractivity contribution in [3.05, 3.63) is 58.0 Å². The number of carbonyl (C=O) groups is 4. The van der Waals surface area contributed by atoms with E-state index in [0.717, 1.165) is 10.8 Å². The summed E-state index contributed by atoms with van der Waals surface area (Å²) >= 11 is 1.27. The number of benzene rings is 2. The van der Waals surface area contributed by atoms with Gasteiger partial charge in [0.25, 0.3) is 0 Å². The standard InChI is InChI=1S/C28H25N3O8S/c1-11-23(35)21(13(3)32)25-22(24(11)36)28(4)18(39-25)9-16(33)20(26(28)37)12(2)29-10-19(34)31-27-30-15-7-6-14(38-5)8-17(15)40-27/h6-9,29,35-36H,10H2,1-5H3,(H,30,31,34)/t28-/m0/s1. The van der Waals surface area contributed by atoms with Gasteiger partial charge in [0.05, 0.1) is 35.0 Å². The van der Waals surface area contributed by atoms with Gasteiger partial charge in [0.15, 0.2) is 22.5 Å². The first-order chi connectivity index (χ1) is 18.9. The molecule has 2 aliphatic rings. The van der Waals surface area contributed by atoms with E-state index in [1.807, 2.05) is 6.07 Å². The number of ketones is 3. The third-order valence-electron chi connectivity index (χ3n) is 7.12. The first-order valence-electron chi connectivity index (χ1n) is 12.2. The first-order valence-corrected chi connectivity index (χ1v) is 13.0. The fraction of sp³-hybridized carbons (Fsp3) is 0.250. The number of carbonyl (C=O) groups excluding carboxylic acids is 4. The lowest BCUT2D eigenvalue weighted by molar-refractivity contribution is -0.124. The topological polar surface area (TPSA) is 164 Å². The molecule has 0 bridgehead atoms. The van der Waals surface area contributed by atoms with Crippen LogP contribution in [0, 0.1) is 6.92 Å². The second-order valence-corrected chi connectivity index (χ2v) is 10.7. The van der Waals surface area contributed by atoms with Crippen molar-refractivity contribution in [1.82, 2.24) is 10.3 Å². The van der Waals surface area contributed by atoms with Gasteiger partial charge in [-0.2, -0.15) is 0 Å². The molecule has 2 aromatic carbocycles.